The van der Waals surface area contributed by atoms with Crippen molar-refractivity contribution in [2.45, 2.75) is 19.4 Å². The average molecular weight is 202 g/mol. The van der Waals surface area contributed by atoms with Crippen molar-refractivity contribution in [3.05, 3.63) is 23.7 Å². The van der Waals surface area contributed by atoms with Crippen molar-refractivity contribution >= 4 is 17.5 Å². The van der Waals surface area contributed by atoms with Gasteiger partial charge in [-0.25, -0.2) is 9.50 Å². The monoisotopic (exact) mass is 202 g/mol. The van der Waals surface area contributed by atoms with Crippen molar-refractivity contribution in [1.29, 1.82) is 0 Å². The lowest BCUT2D eigenvalue weighted by Crippen LogP contribution is -1.97. The summed E-state index contributed by atoms with van der Waals surface area (Å²) in [5.74, 6) is 0.434. The van der Waals surface area contributed by atoms with Gasteiger partial charge in [0.15, 0.2) is 11.5 Å². The lowest BCUT2D eigenvalue weighted by Gasteiger charge is -2.08. The van der Waals surface area contributed by atoms with Crippen LogP contribution in [-0.2, 0) is 13.0 Å². The van der Waals surface area contributed by atoms with E-state index in [0.29, 0.717) is 5.82 Å². The molecule has 0 fully saturated rings. The Morgan fingerprint density at radius 1 is 1.47 bits per heavy atom. The van der Waals surface area contributed by atoms with Gasteiger partial charge in [-0.05, 0) is 24.5 Å². The number of aliphatic hydroxyl groups is 1. The van der Waals surface area contributed by atoms with Gasteiger partial charge >= 0.3 is 0 Å². The molecule has 0 unspecified atom stereocenters. The molecule has 0 saturated heterocycles. The molecule has 1 aliphatic heterocycles. The number of aliphatic hydroxyl groups excluding tert-OH is 1. The van der Waals surface area contributed by atoms with Crippen molar-refractivity contribution in [2.75, 3.05) is 0 Å². The predicted molar refractivity (Wildman–Crippen MR) is 55.4 cm³/mol. The highest BCUT2D eigenvalue weighted by Crippen LogP contribution is 2.27. The molecule has 76 valence electrons. The minimum atomic E-state index is -0.139. The quantitative estimate of drug-likeness (QED) is 0.746. The highest BCUT2D eigenvalue weighted by Gasteiger charge is 2.13. The van der Waals surface area contributed by atoms with E-state index in [1.165, 1.54) is 5.56 Å². The van der Waals surface area contributed by atoms with E-state index in [2.05, 4.69) is 15.1 Å². The summed E-state index contributed by atoms with van der Waals surface area (Å²) in [5, 5.41) is 13.1. The standard InChI is InChI=1S/C10H10N4O/c15-6-8-12-10-9-7(2-1-4-11-9)3-5-14(10)13-8/h3-5,15H,1-2,6H2. The van der Waals surface area contributed by atoms with Crippen LogP contribution >= 0.6 is 0 Å². The van der Waals surface area contributed by atoms with Crippen LogP contribution in [0.4, 0.5) is 5.69 Å². The van der Waals surface area contributed by atoms with Crippen molar-refractivity contribution < 1.29 is 5.11 Å². The maximum Gasteiger partial charge on any atom is 0.181 e. The number of hydrogen-bond acceptors (Lipinski definition) is 4. The number of aryl methyl sites for hydroxylation is 1. The maximum absolute atomic E-state index is 8.97. The van der Waals surface area contributed by atoms with Crippen molar-refractivity contribution in [1.82, 2.24) is 14.6 Å². The first-order chi connectivity index (χ1) is 7.38. The van der Waals surface area contributed by atoms with Crippen LogP contribution in [0.15, 0.2) is 17.3 Å². The van der Waals surface area contributed by atoms with E-state index in [4.69, 9.17) is 5.11 Å². The number of rotatable bonds is 1. The van der Waals surface area contributed by atoms with Crippen LogP contribution < -0.4 is 0 Å². The van der Waals surface area contributed by atoms with E-state index < -0.39 is 0 Å². The van der Waals surface area contributed by atoms with Crippen LogP contribution in [0, 0.1) is 0 Å². The number of hydrogen-bond donors (Lipinski definition) is 1. The highest BCUT2D eigenvalue weighted by molar-refractivity contribution is 5.77. The number of aliphatic imine (C=N–C) groups is 1. The molecule has 3 heterocycles. The average Bonchev–Trinajstić information content (AvgIpc) is 2.72. The molecule has 1 N–H and O–H groups in total. The third kappa shape index (κ3) is 1.24. The Morgan fingerprint density at radius 3 is 3.27 bits per heavy atom. The Labute approximate surface area is 86.1 Å². The topological polar surface area (TPSA) is 62.8 Å². The first-order valence-electron chi connectivity index (χ1n) is 4.89. The third-order valence-corrected chi connectivity index (χ3v) is 2.51. The molecule has 15 heavy (non-hydrogen) atoms. The van der Waals surface area contributed by atoms with Crippen LogP contribution in [0.1, 0.15) is 17.8 Å². The zero-order chi connectivity index (χ0) is 10.3. The molecule has 1 aliphatic rings. The van der Waals surface area contributed by atoms with E-state index >= 15 is 0 Å². The fraction of sp³-hybridized carbons (Fsp3) is 0.300. The SMILES string of the molecule is OCc1nc2c3c(ccn2n1)CCC=N3. The van der Waals surface area contributed by atoms with Gasteiger partial charge in [0.1, 0.15) is 12.3 Å². The molecule has 0 spiro atoms. The number of fused-ring (bicyclic) bond motifs is 3. The minimum absolute atomic E-state index is 0.139. The highest BCUT2D eigenvalue weighted by atomic mass is 16.3. The smallest absolute Gasteiger partial charge is 0.181 e. The molecular weight excluding hydrogens is 192 g/mol. The zero-order valence-electron chi connectivity index (χ0n) is 8.09. The molecule has 0 amide bonds. The van der Waals surface area contributed by atoms with Crippen LogP contribution in [-0.4, -0.2) is 25.9 Å². The van der Waals surface area contributed by atoms with Gasteiger partial charge in [-0.1, -0.05) is 0 Å². The van der Waals surface area contributed by atoms with E-state index in [1.54, 1.807) is 4.52 Å². The predicted octanol–water partition coefficient (Wildman–Crippen LogP) is 0.870. The van der Waals surface area contributed by atoms with Crippen molar-refractivity contribution in [3.63, 3.8) is 0 Å². The summed E-state index contributed by atoms with van der Waals surface area (Å²) in [6.07, 6.45) is 5.73. The summed E-state index contributed by atoms with van der Waals surface area (Å²) in [6, 6.07) is 2.01. The summed E-state index contributed by atoms with van der Waals surface area (Å²) in [5.41, 5.74) is 2.81. The van der Waals surface area contributed by atoms with E-state index in [1.807, 2.05) is 18.5 Å². The third-order valence-electron chi connectivity index (χ3n) is 2.51. The molecule has 5 heteroatoms. The molecule has 0 aliphatic carbocycles. The first-order valence-corrected chi connectivity index (χ1v) is 4.89. The van der Waals surface area contributed by atoms with Crippen LogP contribution in [0.2, 0.25) is 0 Å². The van der Waals surface area contributed by atoms with Gasteiger partial charge in [-0.2, -0.15) is 0 Å². The Hall–Kier alpha value is -1.75. The van der Waals surface area contributed by atoms with Gasteiger partial charge in [-0.3, -0.25) is 4.99 Å². The summed E-state index contributed by atoms with van der Waals surface area (Å²) in [6.45, 7) is -0.139. The van der Waals surface area contributed by atoms with Gasteiger partial charge in [0.25, 0.3) is 0 Å². The lowest BCUT2D eigenvalue weighted by molar-refractivity contribution is 0.271. The van der Waals surface area contributed by atoms with Crippen LogP contribution in [0.3, 0.4) is 0 Å². The van der Waals surface area contributed by atoms with Crippen molar-refractivity contribution in [2.24, 2.45) is 4.99 Å². The summed E-state index contributed by atoms with van der Waals surface area (Å²) in [7, 11) is 0. The number of aromatic nitrogens is 3. The second kappa shape index (κ2) is 3.13. The van der Waals surface area contributed by atoms with Gasteiger partial charge in [0, 0.05) is 12.4 Å². The van der Waals surface area contributed by atoms with Gasteiger partial charge in [-0.15, -0.1) is 5.10 Å². The van der Waals surface area contributed by atoms with Crippen molar-refractivity contribution in [3.8, 4) is 0 Å². The van der Waals surface area contributed by atoms with Gasteiger partial charge in [0.2, 0.25) is 0 Å². The summed E-state index contributed by atoms with van der Waals surface area (Å²) >= 11 is 0. The molecule has 5 nitrogen and oxygen atoms in total. The second-order valence-electron chi connectivity index (χ2n) is 3.49. The van der Waals surface area contributed by atoms with E-state index in [-0.39, 0.29) is 6.61 Å². The molecule has 0 aromatic carbocycles. The Kier molecular flexibility index (Phi) is 1.78. The molecule has 3 rings (SSSR count). The van der Waals surface area contributed by atoms with Gasteiger partial charge in [0.05, 0.1) is 0 Å². The lowest BCUT2D eigenvalue weighted by atomic mass is 10.1. The fourth-order valence-corrected chi connectivity index (χ4v) is 1.80. The van der Waals surface area contributed by atoms with Gasteiger partial charge < -0.3 is 5.11 Å². The Morgan fingerprint density at radius 2 is 2.40 bits per heavy atom. The molecule has 0 bridgehead atoms. The molecular formula is C10H10N4O. The zero-order valence-corrected chi connectivity index (χ0v) is 8.09. The largest absolute Gasteiger partial charge is 0.388 e. The molecule has 2 aromatic rings. The molecule has 0 radical (unpaired) electrons. The van der Waals surface area contributed by atoms with Crippen LogP contribution in [0.5, 0.6) is 0 Å². The number of nitrogens with zero attached hydrogens (tertiary/aromatic N) is 4. The summed E-state index contributed by atoms with van der Waals surface area (Å²) in [4.78, 5) is 8.57. The first kappa shape index (κ1) is 8.55. The Bertz CT molecular complexity index is 544. The second-order valence-corrected chi connectivity index (χ2v) is 3.49. The molecule has 0 saturated carbocycles. The molecule has 2 aromatic heterocycles. The maximum atomic E-state index is 8.97. The Balaban J connectivity index is 2.32. The van der Waals surface area contributed by atoms with Crippen LogP contribution in [0.25, 0.3) is 5.65 Å². The normalized spacial score (nSPS) is 14.5. The minimum Gasteiger partial charge on any atom is -0.388 e. The van der Waals surface area contributed by atoms with E-state index in [9.17, 15) is 0 Å². The summed E-state index contributed by atoms with van der Waals surface area (Å²) < 4.78 is 1.66. The number of pyridine rings is 1. The van der Waals surface area contributed by atoms with E-state index in [0.717, 1.165) is 24.2 Å². The fourth-order valence-electron chi connectivity index (χ4n) is 1.80. The molecule has 0 atom stereocenters.